The summed E-state index contributed by atoms with van der Waals surface area (Å²) in [6.07, 6.45) is -0.506. The molecule has 0 radical (unpaired) electrons. The second-order valence-corrected chi connectivity index (χ2v) is 5.84. The molecule has 0 saturated heterocycles. The summed E-state index contributed by atoms with van der Waals surface area (Å²) in [6.45, 7) is 4.42. The van der Waals surface area contributed by atoms with E-state index in [1.165, 1.54) is 31.2 Å². The maximum atomic E-state index is 12.6. The molecule has 0 heterocycles. The second-order valence-electron chi connectivity index (χ2n) is 5.84. The van der Waals surface area contributed by atoms with Gasteiger partial charge in [0.25, 0.3) is 5.91 Å². The fourth-order valence-electron chi connectivity index (χ4n) is 2.45. The first-order valence-corrected chi connectivity index (χ1v) is 8.90. The highest BCUT2D eigenvalue weighted by Crippen LogP contribution is 2.17. The van der Waals surface area contributed by atoms with Crippen LogP contribution in [-0.4, -0.2) is 49.0 Å². The van der Waals surface area contributed by atoms with Crippen molar-refractivity contribution in [2.24, 2.45) is 11.7 Å². The Balaban J connectivity index is 3.09. The van der Waals surface area contributed by atoms with Crippen molar-refractivity contribution in [1.29, 1.82) is 0 Å². The van der Waals surface area contributed by atoms with Gasteiger partial charge in [0, 0.05) is 12.5 Å². The Morgan fingerprint density at radius 3 is 2.28 bits per heavy atom. The molecule has 0 spiro atoms. The average Bonchev–Trinajstić information content (AvgIpc) is 2.64. The molecule has 1 aromatic rings. The van der Waals surface area contributed by atoms with E-state index in [9.17, 15) is 24.0 Å². The summed E-state index contributed by atoms with van der Waals surface area (Å²) in [4.78, 5) is 59.7. The Kier molecular flexibility index (Phi) is 9.30. The number of nitrogens with two attached hydrogens (primary N) is 1. The molecule has 0 aliphatic heterocycles. The molecule has 0 unspecified atom stereocenters. The molecule has 1 aromatic carbocycles. The number of esters is 3. The first-order valence-electron chi connectivity index (χ1n) is 8.90. The number of carbonyl (C=O) groups excluding carboxylic acids is 5. The summed E-state index contributed by atoms with van der Waals surface area (Å²) in [6, 6.07) is 4.09. The lowest BCUT2D eigenvalue weighted by atomic mass is 9.95. The van der Waals surface area contributed by atoms with E-state index in [0.29, 0.717) is 0 Å². The van der Waals surface area contributed by atoms with Crippen LogP contribution in [0.2, 0.25) is 0 Å². The molecule has 3 N–H and O–H groups in total. The summed E-state index contributed by atoms with van der Waals surface area (Å²) in [5, 5.41) is 2.34. The summed E-state index contributed by atoms with van der Waals surface area (Å²) in [5.41, 5.74) is 5.41. The predicted molar refractivity (Wildman–Crippen MR) is 99.6 cm³/mol. The summed E-state index contributed by atoms with van der Waals surface area (Å²) in [7, 11) is 0. The summed E-state index contributed by atoms with van der Waals surface area (Å²) < 4.78 is 14.6. The summed E-state index contributed by atoms with van der Waals surface area (Å²) in [5.74, 6) is -5.24. The van der Waals surface area contributed by atoms with Gasteiger partial charge in [-0.2, -0.15) is 0 Å². The van der Waals surface area contributed by atoms with Crippen LogP contribution in [0.3, 0.4) is 0 Å². The fraction of sp³-hybridized carbons (Fsp3) is 0.421. The Labute approximate surface area is 167 Å². The van der Waals surface area contributed by atoms with E-state index in [4.69, 9.17) is 19.9 Å². The monoisotopic (exact) mass is 408 g/mol. The van der Waals surface area contributed by atoms with Crippen molar-refractivity contribution in [3.63, 3.8) is 0 Å². The zero-order valence-corrected chi connectivity index (χ0v) is 16.4. The number of hydrogen-bond donors (Lipinski definition) is 2. The molecule has 10 heteroatoms. The highest BCUT2D eigenvalue weighted by atomic mass is 16.5. The van der Waals surface area contributed by atoms with E-state index in [-0.39, 0.29) is 24.5 Å². The van der Waals surface area contributed by atoms with Crippen LogP contribution >= 0.6 is 0 Å². The van der Waals surface area contributed by atoms with Crippen molar-refractivity contribution in [3.05, 3.63) is 29.8 Å². The lowest BCUT2D eigenvalue weighted by molar-refractivity contribution is -0.156. The molecule has 2 amide bonds. The number of ether oxygens (including phenoxy) is 3. The highest BCUT2D eigenvalue weighted by Gasteiger charge is 2.37. The van der Waals surface area contributed by atoms with Crippen LogP contribution in [0.15, 0.2) is 24.3 Å². The van der Waals surface area contributed by atoms with Gasteiger partial charge in [-0.25, -0.2) is 0 Å². The topological polar surface area (TPSA) is 151 Å². The number of nitrogens with one attached hydrogen (secondary N) is 1. The van der Waals surface area contributed by atoms with Gasteiger partial charge >= 0.3 is 17.9 Å². The molecule has 0 saturated carbocycles. The zero-order chi connectivity index (χ0) is 22.0. The molecule has 2 atom stereocenters. The van der Waals surface area contributed by atoms with Crippen molar-refractivity contribution in [2.75, 3.05) is 13.2 Å². The van der Waals surface area contributed by atoms with Crippen LogP contribution in [-0.2, 0) is 28.7 Å². The molecule has 0 aromatic heterocycles. The van der Waals surface area contributed by atoms with Crippen LogP contribution in [0.25, 0.3) is 0 Å². The van der Waals surface area contributed by atoms with Gasteiger partial charge in [-0.05, 0) is 32.0 Å². The lowest BCUT2D eigenvalue weighted by Crippen LogP contribution is -2.52. The van der Waals surface area contributed by atoms with Crippen molar-refractivity contribution < 1.29 is 38.2 Å². The van der Waals surface area contributed by atoms with Gasteiger partial charge in [-0.15, -0.1) is 0 Å². The predicted octanol–water partition coefficient (Wildman–Crippen LogP) is 0.328. The van der Waals surface area contributed by atoms with E-state index in [0.717, 1.165) is 0 Å². The summed E-state index contributed by atoms with van der Waals surface area (Å²) >= 11 is 0. The Bertz CT molecular complexity index is 777. The van der Waals surface area contributed by atoms with Gasteiger partial charge in [0.05, 0.1) is 25.6 Å². The number of amides is 2. The molecule has 0 aliphatic carbocycles. The standard InChI is InChI=1S/C19H24N2O8/c1-4-27-15(23)10-14(19(26)28-5-2)16(17(20)24)21-18(25)12-7-6-8-13(9-12)29-11(3)22/h6-9,14,16H,4-5,10H2,1-3H3,(H2,20,24)(H,21,25)/t14-,16-/m0/s1. The Hall–Kier alpha value is -3.43. The first kappa shape index (κ1) is 23.6. The van der Waals surface area contributed by atoms with E-state index in [1.54, 1.807) is 13.8 Å². The molecule has 1 rings (SSSR count). The van der Waals surface area contributed by atoms with E-state index >= 15 is 0 Å². The zero-order valence-electron chi connectivity index (χ0n) is 16.4. The molecular formula is C19H24N2O8. The number of hydrogen-bond acceptors (Lipinski definition) is 8. The van der Waals surface area contributed by atoms with Crippen LogP contribution in [0.4, 0.5) is 0 Å². The van der Waals surface area contributed by atoms with E-state index in [1.807, 2.05) is 0 Å². The molecule has 158 valence electrons. The quantitative estimate of drug-likeness (QED) is 0.415. The minimum Gasteiger partial charge on any atom is -0.466 e. The smallest absolute Gasteiger partial charge is 0.312 e. The normalized spacial score (nSPS) is 12.2. The third-order valence-corrected chi connectivity index (χ3v) is 3.63. The van der Waals surface area contributed by atoms with Crippen LogP contribution < -0.4 is 15.8 Å². The largest absolute Gasteiger partial charge is 0.466 e. The van der Waals surface area contributed by atoms with Crippen LogP contribution in [0.5, 0.6) is 5.75 Å². The van der Waals surface area contributed by atoms with E-state index in [2.05, 4.69) is 5.32 Å². The highest BCUT2D eigenvalue weighted by molar-refractivity contribution is 5.99. The molecule has 29 heavy (non-hydrogen) atoms. The SMILES string of the molecule is CCOC(=O)C[C@H](C(=O)OCC)[C@H](NC(=O)c1cccc(OC(C)=O)c1)C(N)=O. The number of benzene rings is 1. The van der Waals surface area contributed by atoms with Crippen molar-refractivity contribution in [2.45, 2.75) is 33.2 Å². The third-order valence-electron chi connectivity index (χ3n) is 3.63. The van der Waals surface area contributed by atoms with E-state index < -0.39 is 48.1 Å². The molecular weight excluding hydrogens is 384 g/mol. The van der Waals surface area contributed by atoms with Crippen molar-refractivity contribution in [1.82, 2.24) is 5.32 Å². The number of primary amides is 1. The minimum absolute atomic E-state index is 0.00200. The molecule has 0 fully saturated rings. The van der Waals surface area contributed by atoms with Gasteiger partial charge in [0.2, 0.25) is 5.91 Å². The van der Waals surface area contributed by atoms with Gasteiger partial charge in [0.1, 0.15) is 11.8 Å². The maximum Gasteiger partial charge on any atom is 0.312 e. The van der Waals surface area contributed by atoms with Gasteiger partial charge < -0.3 is 25.3 Å². The van der Waals surface area contributed by atoms with Crippen LogP contribution in [0, 0.1) is 5.92 Å². The van der Waals surface area contributed by atoms with Crippen molar-refractivity contribution in [3.8, 4) is 5.75 Å². The number of rotatable bonds is 10. The Morgan fingerprint density at radius 1 is 1.07 bits per heavy atom. The van der Waals surface area contributed by atoms with Gasteiger partial charge in [-0.3, -0.25) is 24.0 Å². The average molecular weight is 408 g/mol. The number of carbonyl (C=O) groups is 5. The lowest BCUT2D eigenvalue weighted by Gasteiger charge is -2.23. The van der Waals surface area contributed by atoms with Gasteiger partial charge in [-0.1, -0.05) is 6.07 Å². The molecule has 0 bridgehead atoms. The molecule has 0 aliphatic rings. The maximum absolute atomic E-state index is 12.6. The van der Waals surface area contributed by atoms with Gasteiger partial charge in [0.15, 0.2) is 0 Å². The third kappa shape index (κ3) is 7.60. The Morgan fingerprint density at radius 2 is 1.72 bits per heavy atom. The minimum atomic E-state index is -1.52. The van der Waals surface area contributed by atoms with Crippen LogP contribution in [0.1, 0.15) is 37.6 Å². The molecule has 10 nitrogen and oxygen atoms in total. The van der Waals surface area contributed by atoms with Crippen molar-refractivity contribution >= 4 is 29.7 Å². The second kappa shape index (κ2) is 11.4. The first-order chi connectivity index (χ1) is 13.7. The fourth-order valence-corrected chi connectivity index (χ4v) is 2.45.